The number of isocyanates is 1. The summed E-state index contributed by atoms with van der Waals surface area (Å²) in [4.78, 5) is 14.4. The molecule has 0 atom stereocenters. The summed E-state index contributed by atoms with van der Waals surface area (Å²) in [5.74, 6) is 0. The molecule has 1 saturated heterocycles. The van der Waals surface area contributed by atoms with Crippen molar-refractivity contribution in [3.63, 3.8) is 0 Å². The highest BCUT2D eigenvalue weighted by atomic mass is 16.6. The molecule has 4 nitrogen and oxygen atoms in total. The third kappa shape index (κ3) is 2.17. The van der Waals surface area contributed by atoms with Gasteiger partial charge in [-0.1, -0.05) is 0 Å². The molecule has 0 amide bonds. The molecule has 0 bridgehead atoms. The molecule has 1 fully saturated rings. The van der Waals surface area contributed by atoms with Crippen LogP contribution in [0.3, 0.4) is 0 Å². The highest BCUT2D eigenvalue weighted by Gasteiger charge is 2.13. The van der Waals surface area contributed by atoms with Gasteiger partial charge in [-0.25, -0.2) is 4.79 Å². The molecular formula is C6H10N2O2. The maximum atomic E-state index is 9.62. The van der Waals surface area contributed by atoms with E-state index in [9.17, 15) is 4.79 Å². The van der Waals surface area contributed by atoms with Gasteiger partial charge in [0.1, 0.15) is 6.10 Å². The number of nitrogens with zero attached hydrogens (tertiary/aromatic N) is 1. The average Bonchev–Trinajstić information content (AvgIpc) is 2.03. The number of piperidine rings is 1. The Hall–Kier alpha value is -0.860. The molecule has 1 aliphatic rings. The van der Waals surface area contributed by atoms with Gasteiger partial charge in [0.15, 0.2) is 0 Å². The van der Waals surface area contributed by atoms with Crippen molar-refractivity contribution >= 4 is 6.08 Å². The Kier molecular flexibility index (Phi) is 2.93. The van der Waals surface area contributed by atoms with E-state index in [2.05, 4.69) is 10.5 Å². The number of nitrogens with one attached hydrogen (secondary N) is 1. The normalized spacial score (nSPS) is 19.6. The first-order valence-corrected chi connectivity index (χ1v) is 3.37. The van der Waals surface area contributed by atoms with Crippen molar-refractivity contribution in [3.8, 4) is 0 Å². The van der Waals surface area contributed by atoms with E-state index in [1.165, 1.54) is 6.08 Å². The lowest BCUT2D eigenvalue weighted by Crippen LogP contribution is -2.31. The molecular weight excluding hydrogens is 132 g/mol. The number of carbonyl (C=O) groups excluding carboxylic acids is 1. The lowest BCUT2D eigenvalue weighted by Gasteiger charge is -2.19. The summed E-state index contributed by atoms with van der Waals surface area (Å²) >= 11 is 0. The van der Waals surface area contributed by atoms with Crippen LogP contribution in [0.4, 0.5) is 0 Å². The summed E-state index contributed by atoms with van der Waals surface area (Å²) in [7, 11) is 0. The fourth-order valence-corrected chi connectivity index (χ4v) is 0.997. The summed E-state index contributed by atoms with van der Waals surface area (Å²) in [5, 5.41) is 6.23. The molecule has 0 spiro atoms. The fourth-order valence-electron chi connectivity index (χ4n) is 0.997. The van der Waals surface area contributed by atoms with Crippen LogP contribution in [0.2, 0.25) is 0 Å². The second-order valence-electron chi connectivity index (χ2n) is 2.24. The second kappa shape index (κ2) is 4.04. The first-order valence-electron chi connectivity index (χ1n) is 3.37. The van der Waals surface area contributed by atoms with Crippen molar-refractivity contribution in [2.24, 2.45) is 5.16 Å². The van der Waals surface area contributed by atoms with Gasteiger partial charge in [0.25, 0.3) is 6.08 Å². The SMILES string of the molecule is O=C=NOC1CCNCC1. The molecule has 1 heterocycles. The summed E-state index contributed by atoms with van der Waals surface area (Å²) < 4.78 is 0. The average molecular weight is 142 g/mol. The molecule has 4 heteroatoms. The quantitative estimate of drug-likeness (QED) is 0.335. The van der Waals surface area contributed by atoms with Crippen molar-refractivity contribution in [1.82, 2.24) is 5.32 Å². The van der Waals surface area contributed by atoms with E-state index in [-0.39, 0.29) is 6.10 Å². The van der Waals surface area contributed by atoms with Crippen molar-refractivity contribution in [2.45, 2.75) is 18.9 Å². The summed E-state index contributed by atoms with van der Waals surface area (Å²) in [6, 6.07) is 0. The van der Waals surface area contributed by atoms with Gasteiger partial charge >= 0.3 is 0 Å². The van der Waals surface area contributed by atoms with Gasteiger partial charge in [-0.3, -0.25) is 0 Å². The Morgan fingerprint density at radius 1 is 1.50 bits per heavy atom. The molecule has 0 unspecified atom stereocenters. The summed E-state index contributed by atoms with van der Waals surface area (Å²) in [6.45, 7) is 1.89. The van der Waals surface area contributed by atoms with Crippen LogP contribution in [-0.4, -0.2) is 25.3 Å². The Balaban J connectivity index is 2.19. The van der Waals surface area contributed by atoms with Crippen LogP contribution in [-0.2, 0) is 9.63 Å². The third-order valence-electron chi connectivity index (χ3n) is 1.53. The lowest BCUT2D eigenvalue weighted by molar-refractivity contribution is 0.0375. The van der Waals surface area contributed by atoms with Gasteiger partial charge < -0.3 is 10.2 Å². The lowest BCUT2D eigenvalue weighted by atomic mass is 10.1. The van der Waals surface area contributed by atoms with Gasteiger partial charge in [-0.15, -0.1) is 0 Å². The van der Waals surface area contributed by atoms with Gasteiger partial charge in [-0.05, 0) is 25.9 Å². The number of rotatable bonds is 2. The van der Waals surface area contributed by atoms with Crippen molar-refractivity contribution in [3.05, 3.63) is 0 Å². The Morgan fingerprint density at radius 3 is 2.80 bits per heavy atom. The van der Waals surface area contributed by atoms with Crippen LogP contribution in [0.1, 0.15) is 12.8 Å². The fraction of sp³-hybridized carbons (Fsp3) is 0.833. The maximum absolute atomic E-state index is 9.62. The van der Waals surface area contributed by atoms with E-state index in [0.29, 0.717) is 0 Å². The molecule has 0 aromatic carbocycles. The predicted octanol–water partition coefficient (Wildman–Crippen LogP) is 0.00580. The van der Waals surface area contributed by atoms with Crippen LogP contribution >= 0.6 is 0 Å². The van der Waals surface area contributed by atoms with Gasteiger partial charge in [0, 0.05) is 5.16 Å². The molecule has 0 aromatic heterocycles. The summed E-state index contributed by atoms with van der Waals surface area (Å²) in [5.41, 5.74) is 0. The first-order chi connectivity index (χ1) is 4.93. The molecule has 10 heavy (non-hydrogen) atoms. The van der Waals surface area contributed by atoms with Crippen molar-refractivity contribution in [1.29, 1.82) is 0 Å². The van der Waals surface area contributed by atoms with Crippen LogP contribution in [0.15, 0.2) is 5.16 Å². The molecule has 1 rings (SSSR count). The predicted molar refractivity (Wildman–Crippen MR) is 35.1 cm³/mol. The standard InChI is InChI=1S/C6H10N2O2/c9-5-8-10-6-1-3-7-4-2-6/h6-7H,1-4H2. The Morgan fingerprint density at radius 2 is 2.20 bits per heavy atom. The van der Waals surface area contributed by atoms with E-state index in [4.69, 9.17) is 4.84 Å². The first kappa shape index (κ1) is 7.25. The zero-order chi connectivity index (χ0) is 7.23. The van der Waals surface area contributed by atoms with Crippen LogP contribution in [0.25, 0.3) is 0 Å². The highest BCUT2D eigenvalue weighted by molar-refractivity contribution is 5.31. The molecule has 0 saturated carbocycles. The molecule has 1 aliphatic heterocycles. The van der Waals surface area contributed by atoms with Crippen molar-refractivity contribution in [2.75, 3.05) is 13.1 Å². The second-order valence-corrected chi connectivity index (χ2v) is 2.24. The highest BCUT2D eigenvalue weighted by Crippen LogP contribution is 2.06. The van der Waals surface area contributed by atoms with Gasteiger partial charge in [0.05, 0.1) is 0 Å². The number of hydrogen-bond acceptors (Lipinski definition) is 4. The van der Waals surface area contributed by atoms with E-state index >= 15 is 0 Å². The minimum absolute atomic E-state index is 0.114. The van der Waals surface area contributed by atoms with E-state index in [1.54, 1.807) is 0 Å². The smallest absolute Gasteiger partial charge is 0.276 e. The summed E-state index contributed by atoms with van der Waals surface area (Å²) in [6.07, 6.45) is 3.30. The van der Waals surface area contributed by atoms with Crippen LogP contribution in [0.5, 0.6) is 0 Å². The Labute approximate surface area is 59.2 Å². The maximum Gasteiger partial charge on any atom is 0.276 e. The minimum atomic E-state index is 0.114. The number of hydrogen-bond donors (Lipinski definition) is 1. The van der Waals surface area contributed by atoms with Gasteiger partial charge in [-0.2, -0.15) is 0 Å². The van der Waals surface area contributed by atoms with E-state index < -0.39 is 0 Å². The molecule has 1 N–H and O–H groups in total. The zero-order valence-electron chi connectivity index (χ0n) is 5.67. The Bertz CT molecular complexity index is 137. The molecule has 0 aliphatic carbocycles. The zero-order valence-corrected chi connectivity index (χ0v) is 5.67. The van der Waals surface area contributed by atoms with Gasteiger partial charge in [0.2, 0.25) is 0 Å². The van der Waals surface area contributed by atoms with Crippen LogP contribution in [0, 0.1) is 0 Å². The minimum Gasteiger partial charge on any atom is -0.383 e. The van der Waals surface area contributed by atoms with E-state index in [1.807, 2.05) is 0 Å². The molecule has 0 aromatic rings. The largest absolute Gasteiger partial charge is 0.383 e. The van der Waals surface area contributed by atoms with Crippen LogP contribution < -0.4 is 5.32 Å². The third-order valence-corrected chi connectivity index (χ3v) is 1.53. The van der Waals surface area contributed by atoms with E-state index in [0.717, 1.165) is 25.9 Å². The molecule has 56 valence electrons. The molecule has 0 radical (unpaired) electrons. The topological polar surface area (TPSA) is 50.7 Å². The monoisotopic (exact) mass is 142 g/mol. The van der Waals surface area contributed by atoms with Crippen molar-refractivity contribution < 1.29 is 9.63 Å².